The number of carbonyl (C=O) groups is 1. The number of ether oxygens (including phenoxy) is 1. The Bertz CT molecular complexity index is 1140. The molecule has 6 nitrogen and oxygen atoms in total. The van der Waals surface area contributed by atoms with Crippen molar-refractivity contribution in [1.82, 2.24) is 19.4 Å². The molecule has 0 aliphatic carbocycles. The van der Waals surface area contributed by atoms with Crippen molar-refractivity contribution in [3.05, 3.63) is 66.1 Å². The average molecular weight is 376 g/mol. The van der Waals surface area contributed by atoms with Crippen LogP contribution in [-0.4, -0.2) is 33.7 Å². The maximum atomic E-state index is 12.8. The fraction of sp³-hybridized carbons (Fsp3) is 0.273. The molecular weight excluding hydrogens is 352 g/mol. The van der Waals surface area contributed by atoms with Crippen LogP contribution in [0.15, 0.2) is 54.7 Å². The fourth-order valence-corrected chi connectivity index (χ4v) is 3.61. The van der Waals surface area contributed by atoms with E-state index in [1.54, 1.807) is 7.11 Å². The second-order valence-electron chi connectivity index (χ2n) is 7.00. The van der Waals surface area contributed by atoms with Gasteiger partial charge in [0.1, 0.15) is 5.82 Å². The van der Waals surface area contributed by atoms with Gasteiger partial charge in [-0.25, -0.2) is 4.98 Å². The summed E-state index contributed by atoms with van der Waals surface area (Å²) in [7, 11) is 3.68. The lowest BCUT2D eigenvalue weighted by Gasteiger charge is -2.16. The van der Waals surface area contributed by atoms with Crippen LogP contribution in [0.3, 0.4) is 0 Å². The first-order valence-electron chi connectivity index (χ1n) is 9.38. The first-order valence-corrected chi connectivity index (χ1v) is 9.38. The van der Waals surface area contributed by atoms with Crippen LogP contribution in [0.2, 0.25) is 0 Å². The number of benzene rings is 2. The number of imidazole rings is 1. The Morgan fingerprint density at radius 2 is 2.00 bits per heavy atom. The van der Waals surface area contributed by atoms with E-state index >= 15 is 0 Å². The minimum absolute atomic E-state index is 0.108. The molecule has 28 heavy (non-hydrogen) atoms. The van der Waals surface area contributed by atoms with Crippen LogP contribution in [0.25, 0.3) is 21.9 Å². The number of methoxy groups -OCH3 is 1. The van der Waals surface area contributed by atoms with E-state index in [9.17, 15) is 4.79 Å². The van der Waals surface area contributed by atoms with Gasteiger partial charge in [0.05, 0.1) is 23.7 Å². The van der Waals surface area contributed by atoms with Gasteiger partial charge in [-0.1, -0.05) is 12.1 Å². The smallest absolute Gasteiger partial charge is 0.251 e. The van der Waals surface area contributed by atoms with Gasteiger partial charge >= 0.3 is 0 Å². The number of aromatic nitrogens is 3. The molecule has 0 radical (unpaired) electrons. The molecule has 4 rings (SSSR count). The molecule has 0 bridgehead atoms. The summed E-state index contributed by atoms with van der Waals surface area (Å²) in [6.07, 6.45) is 1.99. The number of amides is 1. The van der Waals surface area contributed by atoms with Gasteiger partial charge in [-0.05, 0) is 43.3 Å². The van der Waals surface area contributed by atoms with Crippen LogP contribution in [0.4, 0.5) is 0 Å². The van der Waals surface area contributed by atoms with Crippen molar-refractivity contribution in [3.63, 3.8) is 0 Å². The lowest BCUT2D eigenvalue weighted by atomic mass is 10.1. The lowest BCUT2D eigenvalue weighted by Crippen LogP contribution is -2.29. The van der Waals surface area contributed by atoms with E-state index in [1.165, 1.54) is 0 Å². The van der Waals surface area contributed by atoms with E-state index in [0.717, 1.165) is 27.8 Å². The number of carbonyl (C=O) groups excluding carboxylic acids is 1. The first-order chi connectivity index (χ1) is 13.6. The van der Waals surface area contributed by atoms with E-state index in [4.69, 9.17) is 9.72 Å². The molecule has 1 N–H and O–H groups in total. The third-order valence-electron chi connectivity index (χ3n) is 5.09. The van der Waals surface area contributed by atoms with Gasteiger partial charge in [-0.3, -0.25) is 4.79 Å². The number of para-hydroxylation sites is 2. The quantitative estimate of drug-likeness (QED) is 0.559. The van der Waals surface area contributed by atoms with Gasteiger partial charge in [0.2, 0.25) is 0 Å². The highest BCUT2D eigenvalue weighted by Gasteiger charge is 2.19. The lowest BCUT2D eigenvalue weighted by molar-refractivity contribution is 0.0937. The predicted molar refractivity (Wildman–Crippen MR) is 110 cm³/mol. The maximum Gasteiger partial charge on any atom is 0.251 e. The highest BCUT2D eigenvalue weighted by atomic mass is 16.5. The number of nitrogens with zero attached hydrogens (tertiary/aromatic N) is 3. The Labute approximate surface area is 163 Å². The van der Waals surface area contributed by atoms with Crippen molar-refractivity contribution in [2.24, 2.45) is 7.05 Å². The molecular formula is C22H24N4O2. The zero-order valence-corrected chi connectivity index (χ0v) is 16.3. The molecule has 0 saturated heterocycles. The molecule has 0 fully saturated rings. The molecule has 1 atom stereocenters. The number of aryl methyl sites for hydroxylation is 1. The molecule has 0 saturated carbocycles. The van der Waals surface area contributed by atoms with Gasteiger partial charge in [0.15, 0.2) is 0 Å². The van der Waals surface area contributed by atoms with E-state index in [2.05, 4.69) is 9.88 Å². The Hall–Kier alpha value is -3.12. The summed E-state index contributed by atoms with van der Waals surface area (Å²) in [5.74, 6) is 0.719. The van der Waals surface area contributed by atoms with Gasteiger partial charge in [0, 0.05) is 43.4 Å². The van der Waals surface area contributed by atoms with Gasteiger partial charge in [-0.15, -0.1) is 0 Å². The van der Waals surface area contributed by atoms with Crippen LogP contribution in [0.5, 0.6) is 0 Å². The van der Waals surface area contributed by atoms with Crippen molar-refractivity contribution in [2.75, 3.05) is 13.7 Å². The van der Waals surface area contributed by atoms with Crippen molar-refractivity contribution >= 4 is 27.8 Å². The van der Waals surface area contributed by atoms with Crippen LogP contribution in [0.1, 0.15) is 29.1 Å². The molecule has 2 heterocycles. The highest BCUT2D eigenvalue weighted by molar-refractivity contribution is 5.98. The third kappa shape index (κ3) is 3.27. The Morgan fingerprint density at radius 3 is 2.82 bits per heavy atom. The SMILES string of the molecule is COCCn1c(C(C)NC(=O)c2ccc3c(ccn3C)c2)nc2ccccc21. The Kier molecular flexibility index (Phi) is 4.88. The zero-order chi connectivity index (χ0) is 19.7. The maximum absolute atomic E-state index is 12.8. The van der Waals surface area contributed by atoms with Crippen LogP contribution < -0.4 is 5.32 Å². The summed E-state index contributed by atoms with van der Waals surface area (Å²) in [6.45, 7) is 3.23. The van der Waals surface area contributed by atoms with Crippen LogP contribution in [0, 0.1) is 0 Å². The van der Waals surface area contributed by atoms with E-state index in [1.807, 2.05) is 73.3 Å². The summed E-state index contributed by atoms with van der Waals surface area (Å²) in [5.41, 5.74) is 3.71. The van der Waals surface area contributed by atoms with Gasteiger partial charge in [-0.2, -0.15) is 0 Å². The molecule has 6 heteroatoms. The molecule has 0 aliphatic heterocycles. The van der Waals surface area contributed by atoms with Crippen molar-refractivity contribution in [3.8, 4) is 0 Å². The van der Waals surface area contributed by atoms with E-state index < -0.39 is 0 Å². The van der Waals surface area contributed by atoms with E-state index in [-0.39, 0.29) is 11.9 Å². The topological polar surface area (TPSA) is 61.1 Å². The molecule has 1 unspecified atom stereocenters. The summed E-state index contributed by atoms with van der Waals surface area (Å²) < 4.78 is 9.41. The second kappa shape index (κ2) is 7.48. The first kappa shape index (κ1) is 18.3. The third-order valence-corrected chi connectivity index (χ3v) is 5.09. The minimum atomic E-state index is -0.233. The average Bonchev–Trinajstić information content (AvgIpc) is 3.26. The predicted octanol–water partition coefficient (Wildman–Crippen LogP) is 3.67. The molecule has 0 aliphatic rings. The van der Waals surface area contributed by atoms with E-state index in [0.29, 0.717) is 18.7 Å². The standard InChI is InChI=1S/C22H24N4O2/c1-15(21-24-18-6-4-5-7-20(18)26(21)12-13-28-3)23-22(27)17-8-9-19-16(14-17)10-11-25(19)2/h4-11,14-15H,12-13H2,1-3H3,(H,23,27). The van der Waals surface area contributed by atoms with Crippen molar-refractivity contribution < 1.29 is 9.53 Å². The number of hydrogen-bond acceptors (Lipinski definition) is 3. The number of hydrogen-bond donors (Lipinski definition) is 1. The van der Waals surface area contributed by atoms with Gasteiger partial charge < -0.3 is 19.2 Å². The summed E-state index contributed by atoms with van der Waals surface area (Å²) in [4.78, 5) is 17.6. The summed E-state index contributed by atoms with van der Waals surface area (Å²) >= 11 is 0. The molecule has 1 amide bonds. The summed E-state index contributed by atoms with van der Waals surface area (Å²) in [6, 6.07) is 15.5. The van der Waals surface area contributed by atoms with Crippen LogP contribution >= 0.6 is 0 Å². The number of fused-ring (bicyclic) bond motifs is 2. The zero-order valence-electron chi connectivity index (χ0n) is 16.3. The fourth-order valence-electron chi connectivity index (χ4n) is 3.61. The molecule has 4 aromatic rings. The largest absolute Gasteiger partial charge is 0.383 e. The normalized spacial score (nSPS) is 12.5. The van der Waals surface area contributed by atoms with Gasteiger partial charge in [0.25, 0.3) is 5.91 Å². The summed E-state index contributed by atoms with van der Waals surface area (Å²) in [5, 5.41) is 4.14. The monoisotopic (exact) mass is 376 g/mol. The molecule has 144 valence electrons. The Balaban J connectivity index is 1.61. The molecule has 2 aromatic carbocycles. The van der Waals surface area contributed by atoms with Crippen LogP contribution in [-0.2, 0) is 18.3 Å². The van der Waals surface area contributed by atoms with Crippen molar-refractivity contribution in [1.29, 1.82) is 0 Å². The Morgan fingerprint density at radius 1 is 1.18 bits per heavy atom. The number of rotatable bonds is 6. The second-order valence-corrected chi connectivity index (χ2v) is 7.00. The molecule has 0 spiro atoms. The number of nitrogens with one attached hydrogen (secondary N) is 1. The molecule has 2 aromatic heterocycles. The minimum Gasteiger partial charge on any atom is -0.383 e. The highest BCUT2D eigenvalue weighted by Crippen LogP contribution is 2.22. The van der Waals surface area contributed by atoms with Crippen molar-refractivity contribution in [2.45, 2.75) is 19.5 Å².